The van der Waals surface area contributed by atoms with Crippen LogP contribution in [0.3, 0.4) is 0 Å². The topological polar surface area (TPSA) is 77.6 Å². The van der Waals surface area contributed by atoms with Crippen molar-refractivity contribution in [1.29, 1.82) is 0 Å². The number of benzene rings is 1. The van der Waals surface area contributed by atoms with Gasteiger partial charge in [0, 0.05) is 12.1 Å². The summed E-state index contributed by atoms with van der Waals surface area (Å²) in [6, 6.07) is 10.0. The molecule has 2 N–H and O–H groups in total. The maximum Gasteiger partial charge on any atom is 0.329 e. The molecule has 0 aliphatic carbocycles. The van der Waals surface area contributed by atoms with Crippen LogP contribution in [0.25, 0.3) is 0 Å². The van der Waals surface area contributed by atoms with Gasteiger partial charge in [-0.15, -0.1) is 0 Å². The van der Waals surface area contributed by atoms with Crippen molar-refractivity contribution in [2.24, 2.45) is 0 Å². The zero-order valence-electron chi connectivity index (χ0n) is 14.8. The number of rotatable bonds is 4. The second kappa shape index (κ2) is 7.31. The predicted molar refractivity (Wildman–Crippen MR) is 102 cm³/mol. The van der Waals surface area contributed by atoms with Crippen LogP contribution in [-0.2, 0) is 11.3 Å². The molecule has 1 unspecified atom stereocenters. The molecule has 0 spiro atoms. The van der Waals surface area contributed by atoms with Gasteiger partial charge in [-0.05, 0) is 50.4 Å². The Balaban J connectivity index is 1.95. The number of carbonyl (C=O) groups excluding carboxylic acids is 2. The lowest BCUT2D eigenvalue weighted by atomic mass is 10.1. The highest BCUT2D eigenvalue weighted by atomic mass is 35.5. The zero-order chi connectivity index (χ0) is 18.8. The third-order valence-corrected chi connectivity index (χ3v) is 4.51. The first kappa shape index (κ1) is 18.2. The number of pyridine rings is 1. The molecular formula is C18H20ClN5O2. The number of carbonyl (C=O) groups is 2. The quantitative estimate of drug-likeness (QED) is 0.863. The smallest absolute Gasteiger partial charge is 0.321 e. The van der Waals surface area contributed by atoms with Gasteiger partial charge in [0.05, 0.1) is 29.7 Å². The monoisotopic (exact) mass is 373 g/mol. The Hall–Kier alpha value is -2.64. The van der Waals surface area contributed by atoms with E-state index in [0.29, 0.717) is 34.5 Å². The number of hydrogen-bond acceptors (Lipinski definition) is 4. The number of anilines is 3. The molecule has 1 aromatic heterocycles. The summed E-state index contributed by atoms with van der Waals surface area (Å²) >= 11 is 5.95. The summed E-state index contributed by atoms with van der Waals surface area (Å²) in [5.74, 6) is 0.282. The van der Waals surface area contributed by atoms with Crippen molar-refractivity contribution in [2.75, 3.05) is 24.3 Å². The van der Waals surface area contributed by atoms with E-state index in [-0.39, 0.29) is 18.0 Å². The van der Waals surface area contributed by atoms with E-state index in [1.165, 1.54) is 0 Å². The Kier molecular flexibility index (Phi) is 5.11. The van der Waals surface area contributed by atoms with Gasteiger partial charge in [0.2, 0.25) is 5.91 Å². The first-order valence-electron chi connectivity index (χ1n) is 8.19. The molecule has 26 heavy (non-hydrogen) atoms. The lowest BCUT2D eigenvalue weighted by molar-refractivity contribution is -0.117. The average molecular weight is 374 g/mol. The van der Waals surface area contributed by atoms with Gasteiger partial charge in [0.25, 0.3) is 0 Å². The molecule has 7 nitrogen and oxygen atoms in total. The van der Waals surface area contributed by atoms with Gasteiger partial charge in [0.1, 0.15) is 5.82 Å². The molecule has 3 amide bonds. The average Bonchev–Trinajstić information content (AvgIpc) is 2.63. The van der Waals surface area contributed by atoms with Crippen LogP contribution in [0.2, 0.25) is 5.02 Å². The largest absolute Gasteiger partial charge is 0.329 e. The van der Waals surface area contributed by atoms with E-state index < -0.39 is 0 Å². The van der Waals surface area contributed by atoms with Crippen LogP contribution in [0.4, 0.5) is 22.0 Å². The van der Waals surface area contributed by atoms with E-state index in [4.69, 9.17) is 11.6 Å². The summed E-state index contributed by atoms with van der Waals surface area (Å²) in [5.41, 5.74) is 2.10. The van der Waals surface area contributed by atoms with Crippen molar-refractivity contribution in [2.45, 2.75) is 19.5 Å². The fourth-order valence-corrected chi connectivity index (χ4v) is 2.78. The van der Waals surface area contributed by atoms with Crippen molar-refractivity contribution >= 4 is 40.7 Å². The molecule has 8 heteroatoms. The Morgan fingerprint density at radius 1 is 1.23 bits per heavy atom. The molecule has 1 aliphatic rings. The van der Waals surface area contributed by atoms with E-state index in [1.54, 1.807) is 67.2 Å². The number of nitrogens with one attached hydrogen (secondary N) is 2. The van der Waals surface area contributed by atoms with Crippen LogP contribution in [0.1, 0.15) is 12.6 Å². The first-order valence-corrected chi connectivity index (χ1v) is 8.57. The van der Waals surface area contributed by atoms with Crippen molar-refractivity contribution in [1.82, 2.24) is 15.2 Å². The van der Waals surface area contributed by atoms with Crippen molar-refractivity contribution in [3.8, 4) is 0 Å². The minimum absolute atomic E-state index is 0.151. The van der Waals surface area contributed by atoms with Gasteiger partial charge < -0.3 is 15.5 Å². The molecule has 2 heterocycles. The number of aromatic nitrogens is 1. The molecule has 2 aromatic rings. The highest BCUT2D eigenvalue weighted by Crippen LogP contribution is 2.34. The molecule has 3 rings (SSSR count). The number of nitrogens with zero attached hydrogens (tertiary/aromatic N) is 3. The SMILES string of the molecule is CNC(C)C(=O)Nc1ccc2c(n1)CN(C)C(=O)N2c1ccc(Cl)cc1. The van der Waals surface area contributed by atoms with Gasteiger partial charge in [0.15, 0.2) is 0 Å². The third-order valence-electron chi connectivity index (χ3n) is 4.26. The van der Waals surface area contributed by atoms with Crippen LogP contribution in [0, 0.1) is 0 Å². The Morgan fingerprint density at radius 2 is 1.92 bits per heavy atom. The molecule has 1 aliphatic heterocycles. The Bertz CT molecular complexity index is 840. The van der Waals surface area contributed by atoms with E-state index in [9.17, 15) is 9.59 Å². The van der Waals surface area contributed by atoms with E-state index >= 15 is 0 Å². The molecule has 1 aromatic carbocycles. The van der Waals surface area contributed by atoms with Gasteiger partial charge >= 0.3 is 6.03 Å². The van der Waals surface area contributed by atoms with Crippen LogP contribution >= 0.6 is 11.6 Å². The zero-order valence-corrected chi connectivity index (χ0v) is 15.5. The lowest BCUT2D eigenvalue weighted by Gasteiger charge is -2.34. The summed E-state index contributed by atoms with van der Waals surface area (Å²) in [6.45, 7) is 2.13. The van der Waals surface area contributed by atoms with Crippen molar-refractivity contribution < 1.29 is 9.59 Å². The van der Waals surface area contributed by atoms with Crippen LogP contribution in [0.5, 0.6) is 0 Å². The summed E-state index contributed by atoms with van der Waals surface area (Å²) in [5, 5.41) is 6.26. The minimum Gasteiger partial charge on any atom is -0.321 e. The van der Waals surface area contributed by atoms with E-state index in [0.717, 1.165) is 0 Å². The summed E-state index contributed by atoms with van der Waals surface area (Å²) in [6.07, 6.45) is 0. The van der Waals surface area contributed by atoms with Crippen LogP contribution in [-0.4, -0.2) is 42.0 Å². The maximum atomic E-state index is 12.7. The number of likely N-dealkylation sites (N-methyl/N-ethyl adjacent to an activating group) is 1. The summed E-state index contributed by atoms with van der Waals surface area (Å²) in [4.78, 5) is 32.4. The molecule has 0 radical (unpaired) electrons. The number of urea groups is 1. The number of amides is 3. The molecular weight excluding hydrogens is 354 g/mol. The standard InChI is InChI=1S/C18H20ClN5O2/c1-11(20-2)17(25)22-16-9-8-15-14(21-16)10-23(3)18(26)24(15)13-6-4-12(19)5-7-13/h4-9,11,20H,10H2,1-3H3,(H,21,22,25). The van der Waals surface area contributed by atoms with E-state index in [1.807, 2.05) is 0 Å². The number of fused-ring (bicyclic) bond motifs is 1. The van der Waals surface area contributed by atoms with E-state index in [2.05, 4.69) is 15.6 Å². The van der Waals surface area contributed by atoms with Crippen LogP contribution in [0.15, 0.2) is 36.4 Å². The highest BCUT2D eigenvalue weighted by molar-refractivity contribution is 6.30. The molecule has 0 saturated heterocycles. The number of hydrogen-bond donors (Lipinski definition) is 2. The highest BCUT2D eigenvalue weighted by Gasteiger charge is 2.30. The second-order valence-corrected chi connectivity index (χ2v) is 6.55. The molecule has 0 fully saturated rings. The fraction of sp³-hybridized carbons (Fsp3) is 0.278. The Labute approximate surface area is 157 Å². The van der Waals surface area contributed by atoms with Crippen molar-refractivity contribution in [3.05, 3.63) is 47.1 Å². The van der Waals surface area contributed by atoms with Gasteiger partial charge in [-0.2, -0.15) is 0 Å². The molecule has 0 saturated carbocycles. The Morgan fingerprint density at radius 3 is 2.58 bits per heavy atom. The van der Waals surface area contributed by atoms with Gasteiger partial charge in [-0.3, -0.25) is 9.69 Å². The third kappa shape index (κ3) is 3.49. The van der Waals surface area contributed by atoms with Crippen molar-refractivity contribution in [3.63, 3.8) is 0 Å². The number of halogens is 1. The first-order chi connectivity index (χ1) is 12.4. The molecule has 136 valence electrons. The lowest BCUT2D eigenvalue weighted by Crippen LogP contribution is -2.43. The van der Waals surface area contributed by atoms with Gasteiger partial charge in [-0.25, -0.2) is 9.78 Å². The second-order valence-electron chi connectivity index (χ2n) is 6.11. The summed E-state index contributed by atoms with van der Waals surface area (Å²) < 4.78 is 0. The van der Waals surface area contributed by atoms with Gasteiger partial charge in [-0.1, -0.05) is 11.6 Å². The maximum absolute atomic E-state index is 12.7. The minimum atomic E-state index is -0.331. The summed E-state index contributed by atoms with van der Waals surface area (Å²) in [7, 11) is 3.43. The fourth-order valence-electron chi connectivity index (χ4n) is 2.65. The molecule has 1 atom stereocenters. The normalized spacial score (nSPS) is 14.8. The molecule has 0 bridgehead atoms. The van der Waals surface area contributed by atoms with Crippen LogP contribution < -0.4 is 15.5 Å². The predicted octanol–water partition coefficient (Wildman–Crippen LogP) is 2.98.